The summed E-state index contributed by atoms with van der Waals surface area (Å²) in [6, 6.07) is 13.9. The van der Waals surface area contributed by atoms with Crippen molar-refractivity contribution in [1.29, 1.82) is 0 Å². The molecule has 1 N–H and O–H groups in total. The number of ether oxygens (including phenoxy) is 1. The number of non-ortho nitro benzene ring substituents is 1. The van der Waals surface area contributed by atoms with Gasteiger partial charge in [0.05, 0.1) is 4.92 Å². The molecule has 0 saturated heterocycles. The van der Waals surface area contributed by atoms with E-state index in [2.05, 4.69) is 12.2 Å². The molecule has 0 fully saturated rings. The van der Waals surface area contributed by atoms with E-state index < -0.39 is 4.92 Å². The second-order valence-electron chi connectivity index (χ2n) is 5.31. The number of rotatable bonds is 8. The number of nitrogens with one attached hydrogen (secondary N) is 1. The highest BCUT2D eigenvalue weighted by Crippen LogP contribution is 2.13. The SMILES string of the molecule is CCc1ccc(OCC(=O)NCCc2ccc([N+](=O)[O-])cc2)cc1. The van der Waals surface area contributed by atoms with Crippen LogP contribution in [0.25, 0.3) is 0 Å². The van der Waals surface area contributed by atoms with Gasteiger partial charge in [-0.3, -0.25) is 14.9 Å². The van der Waals surface area contributed by atoms with Crippen LogP contribution in [0.3, 0.4) is 0 Å². The van der Waals surface area contributed by atoms with Gasteiger partial charge in [-0.1, -0.05) is 31.2 Å². The standard InChI is InChI=1S/C18H20N2O4/c1-2-14-5-9-17(10-6-14)24-13-18(21)19-12-11-15-3-7-16(8-4-15)20(22)23/h3-10H,2,11-13H2,1H3,(H,19,21). The third kappa shape index (κ3) is 5.39. The van der Waals surface area contributed by atoms with Crippen molar-refractivity contribution in [2.24, 2.45) is 0 Å². The number of amides is 1. The summed E-state index contributed by atoms with van der Waals surface area (Å²) in [5, 5.41) is 13.3. The van der Waals surface area contributed by atoms with E-state index in [0.717, 1.165) is 12.0 Å². The molecule has 0 atom stereocenters. The normalized spacial score (nSPS) is 10.2. The van der Waals surface area contributed by atoms with Crippen LogP contribution in [0.4, 0.5) is 5.69 Å². The van der Waals surface area contributed by atoms with E-state index in [4.69, 9.17) is 4.74 Å². The van der Waals surface area contributed by atoms with E-state index in [1.165, 1.54) is 17.7 Å². The molecule has 0 aromatic heterocycles. The monoisotopic (exact) mass is 328 g/mol. The molecular formula is C18H20N2O4. The first-order valence-electron chi connectivity index (χ1n) is 7.80. The van der Waals surface area contributed by atoms with Gasteiger partial charge in [-0.25, -0.2) is 0 Å². The Balaban J connectivity index is 1.69. The molecule has 6 heteroatoms. The lowest BCUT2D eigenvalue weighted by Crippen LogP contribution is -2.30. The summed E-state index contributed by atoms with van der Waals surface area (Å²) >= 11 is 0. The number of hydrogen-bond acceptors (Lipinski definition) is 4. The molecule has 0 bridgehead atoms. The molecule has 126 valence electrons. The third-order valence-corrected chi connectivity index (χ3v) is 3.58. The molecule has 0 aliphatic carbocycles. The molecular weight excluding hydrogens is 308 g/mol. The van der Waals surface area contributed by atoms with Gasteiger partial charge in [0.2, 0.25) is 0 Å². The van der Waals surface area contributed by atoms with Crippen LogP contribution in [0.2, 0.25) is 0 Å². The minimum atomic E-state index is -0.435. The van der Waals surface area contributed by atoms with E-state index in [0.29, 0.717) is 18.7 Å². The lowest BCUT2D eigenvalue weighted by Gasteiger charge is -2.08. The summed E-state index contributed by atoms with van der Waals surface area (Å²) in [6.07, 6.45) is 1.57. The van der Waals surface area contributed by atoms with E-state index in [1.807, 2.05) is 24.3 Å². The van der Waals surface area contributed by atoms with Crippen LogP contribution in [0.15, 0.2) is 48.5 Å². The molecule has 0 radical (unpaired) electrons. The number of benzene rings is 2. The highest BCUT2D eigenvalue weighted by Gasteiger charge is 2.05. The highest BCUT2D eigenvalue weighted by molar-refractivity contribution is 5.77. The molecule has 0 spiro atoms. The van der Waals surface area contributed by atoms with E-state index in [1.54, 1.807) is 12.1 Å². The fourth-order valence-corrected chi connectivity index (χ4v) is 2.15. The Kier molecular flexibility index (Phi) is 6.31. The van der Waals surface area contributed by atoms with Crippen molar-refractivity contribution in [3.63, 3.8) is 0 Å². The van der Waals surface area contributed by atoms with Gasteiger partial charge in [-0.2, -0.15) is 0 Å². The van der Waals surface area contributed by atoms with Crippen molar-refractivity contribution < 1.29 is 14.5 Å². The fourth-order valence-electron chi connectivity index (χ4n) is 2.15. The van der Waals surface area contributed by atoms with Crippen molar-refractivity contribution in [2.45, 2.75) is 19.8 Å². The van der Waals surface area contributed by atoms with Gasteiger partial charge in [-0.15, -0.1) is 0 Å². The summed E-state index contributed by atoms with van der Waals surface area (Å²) in [6.45, 7) is 2.49. The molecule has 2 aromatic rings. The Bertz CT molecular complexity index is 681. The summed E-state index contributed by atoms with van der Waals surface area (Å²) in [5.74, 6) is 0.467. The summed E-state index contributed by atoms with van der Waals surface area (Å²) in [4.78, 5) is 21.9. The molecule has 0 aliphatic heterocycles. The van der Waals surface area contributed by atoms with E-state index >= 15 is 0 Å². The molecule has 24 heavy (non-hydrogen) atoms. The lowest BCUT2D eigenvalue weighted by molar-refractivity contribution is -0.384. The minimum Gasteiger partial charge on any atom is -0.484 e. The number of aryl methyl sites for hydroxylation is 1. The molecule has 2 rings (SSSR count). The average molecular weight is 328 g/mol. The molecule has 6 nitrogen and oxygen atoms in total. The fraction of sp³-hybridized carbons (Fsp3) is 0.278. The van der Waals surface area contributed by atoms with Gasteiger partial charge in [0.25, 0.3) is 11.6 Å². The van der Waals surface area contributed by atoms with Gasteiger partial charge in [-0.05, 0) is 36.1 Å². The summed E-state index contributed by atoms with van der Waals surface area (Å²) in [5.41, 5.74) is 2.21. The van der Waals surface area contributed by atoms with E-state index in [9.17, 15) is 14.9 Å². The predicted octanol–water partition coefficient (Wildman–Crippen LogP) is 2.89. The minimum absolute atomic E-state index is 0.0360. The molecule has 1 amide bonds. The number of carbonyl (C=O) groups is 1. The molecule has 0 aliphatic rings. The number of carbonyl (C=O) groups excluding carboxylic acids is 1. The molecule has 0 saturated carbocycles. The zero-order chi connectivity index (χ0) is 17.4. The maximum Gasteiger partial charge on any atom is 0.269 e. The van der Waals surface area contributed by atoms with Crippen LogP contribution in [-0.4, -0.2) is 24.0 Å². The first-order chi connectivity index (χ1) is 11.6. The maximum atomic E-state index is 11.7. The lowest BCUT2D eigenvalue weighted by atomic mass is 10.1. The number of hydrogen-bond donors (Lipinski definition) is 1. The second kappa shape index (κ2) is 8.67. The van der Waals surface area contributed by atoms with Gasteiger partial charge in [0.1, 0.15) is 5.75 Å². The quantitative estimate of drug-likeness (QED) is 0.597. The Morgan fingerprint density at radius 3 is 2.29 bits per heavy atom. The van der Waals surface area contributed by atoms with Crippen LogP contribution < -0.4 is 10.1 Å². The Morgan fingerprint density at radius 1 is 1.08 bits per heavy atom. The predicted molar refractivity (Wildman–Crippen MR) is 91.1 cm³/mol. The Morgan fingerprint density at radius 2 is 1.71 bits per heavy atom. The van der Waals surface area contributed by atoms with Crippen molar-refractivity contribution >= 4 is 11.6 Å². The van der Waals surface area contributed by atoms with Crippen LogP contribution in [0, 0.1) is 10.1 Å². The van der Waals surface area contributed by atoms with Crippen LogP contribution in [0.5, 0.6) is 5.75 Å². The van der Waals surface area contributed by atoms with Gasteiger partial charge in [0, 0.05) is 18.7 Å². The van der Waals surface area contributed by atoms with Gasteiger partial charge >= 0.3 is 0 Å². The largest absolute Gasteiger partial charge is 0.484 e. The molecule has 2 aromatic carbocycles. The summed E-state index contributed by atoms with van der Waals surface area (Å²) in [7, 11) is 0. The van der Waals surface area contributed by atoms with Crippen molar-refractivity contribution in [2.75, 3.05) is 13.2 Å². The summed E-state index contributed by atoms with van der Waals surface area (Å²) < 4.78 is 5.43. The number of nitro benzene ring substituents is 1. The van der Waals surface area contributed by atoms with Gasteiger partial charge < -0.3 is 10.1 Å². The van der Waals surface area contributed by atoms with Crippen LogP contribution in [-0.2, 0) is 17.6 Å². The molecule has 0 unspecified atom stereocenters. The topological polar surface area (TPSA) is 81.5 Å². The first kappa shape index (κ1) is 17.5. The average Bonchev–Trinajstić information content (AvgIpc) is 2.61. The smallest absolute Gasteiger partial charge is 0.269 e. The van der Waals surface area contributed by atoms with Gasteiger partial charge in [0.15, 0.2) is 6.61 Å². The van der Waals surface area contributed by atoms with Crippen LogP contribution in [0.1, 0.15) is 18.1 Å². The van der Waals surface area contributed by atoms with Crippen molar-refractivity contribution in [3.05, 3.63) is 69.8 Å². The van der Waals surface area contributed by atoms with Crippen LogP contribution >= 0.6 is 0 Å². The van der Waals surface area contributed by atoms with Crippen molar-refractivity contribution in [1.82, 2.24) is 5.32 Å². The highest BCUT2D eigenvalue weighted by atomic mass is 16.6. The number of nitrogens with zero attached hydrogens (tertiary/aromatic N) is 1. The zero-order valence-electron chi connectivity index (χ0n) is 13.5. The Hall–Kier alpha value is -2.89. The van der Waals surface area contributed by atoms with Crippen molar-refractivity contribution in [3.8, 4) is 5.75 Å². The number of nitro groups is 1. The second-order valence-corrected chi connectivity index (χ2v) is 5.31. The Labute approximate surface area is 140 Å². The maximum absolute atomic E-state index is 11.7. The van der Waals surface area contributed by atoms with E-state index in [-0.39, 0.29) is 18.2 Å². The third-order valence-electron chi connectivity index (χ3n) is 3.58. The molecule has 0 heterocycles. The first-order valence-corrected chi connectivity index (χ1v) is 7.80. The zero-order valence-corrected chi connectivity index (χ0v) is 13.5.